The minimum Gasteiger partial charge on any atom is -0.467 e. The zero-order chi connectivity index (χ0) is 16.8. The summed E-state index contributed by atoms with van der Waals surface area (Å²) in [5.41, 5.74) is 1.82. The summed E-state index contributed by atoms with van der Waals surface area (Å²) >= 11 is 5.95. The molecule has 4 heteroatoms. The Morgan fingerprint density at radius 3 is 2.58 bits per heavy atom. The highest BCUT2D eigenvalue weighted by atomic mass is 35.5. The highest BCUT2D eigenvalue weighted by Crippen LogP contribution is 2.22. The topological polar surface area (TPSA) is 42.2 Å². The van der Waals surface area contributed by atoms with Crippen molar-refractivity contribution in [2.45, 2.75) is 6.04 Å². The van der Waals surface area contributed by atoms with Crippen molar-refractivity contribution >= 4 is 23.6 Å². The fraction of sp³-hybridized carbons (Fsp3) is 0.0500. The maximum Gasteiger partial charge on any atom is 0.244 e. The van der Waals surface area contributed by atoms with E-state index in [1.54, 1.807) is 30.5 Å². The summed E-state index contributed by atoms with van der Waals surface area (Å²) in [6, 6.07) is 20.3. The zero-order valence-corrected chi connectivity index (χ0v) is 13.6. The Balaban J connectivity index is 1.77. The molecule has 0 saturated heterocycles. The molecule has 0 spiro atoms. The number of amides is 1. The number of benzene rings is 2. The number of furan rings is 1. The summed E-state index contributed by atoms with van der Waals surface area (Å²) < 4.78 is 5.47. The van der Waals surface area contributed by atoms with E-state index in [0.717, 1.165) is 11.1 Å². The molecule has 3 aromatic rings. The predicted molar refractivity (Wildman–Crippen MR) is 95.6 cm³/mol. The van der Waals surface area contributed by atoms with Crippen molar-refractivity contribution in [2.75, 3.05) is 0 Å². The molecule has 0 aliphatic rings. The first-order chi connectivity index (χ1) is 11.7. The van der Waals surface area contributed by atoms with E-state index in [-0.39, 0.29) is 11.9 Å². The number of rotatable bonds is 5. The van der Waals surface area contributed by atoms with Crippen LogP contribution < -0.4 is 5.32 Å². The van der Waals surface area contributed by atoms with E-state index in [1.165, 1.54) is 6.08 Å². The summed E-state index contributed by atoms with van der Waals surface area (Å²) in [6.45, 7) is 0. The molecule has 120 valence electrons. The van der Waals surface area contributed by atoms with E-state index in [4.69, 9.17) is 16.0 Å². The van der Waals surface area contributed by atoms with E-state index >= 15 is 0 Å². The first-order valence-corrected chi connectivity index (χ1v) is 7.92. The Labute approximate surface area is 145 Å². The molecule has 1 amide bonds. The molecule has 0 aliphatic heterocycles. The number of hydrogen-bond donors (Lipinski definition) is 1. The highest BCUT2D eigenvalue weighted by molar-refractivity contribution is 6.30. The quantitative estimate of drug-likeness (QED) is 0.676. The molecular weight excluding hydrogens is 322 g/mol. The average molecular weight is 338 g/mol. The minimum absolute atomic E-state index is 0.208. The van der Waals surface area contributed by atoms with Crippen LogP contribution in [0.2, 0.25) is 5.02 Å². The van der Waals surface area contributed by atoms with Gasteiger partial charge in [-0.25, -0.2) is 0 Å². The molecule has 2 aromatic carbocycles. The standard InChI is InChI=1S/C20H16ClNO2/c21-17-9-4-6-15(14-17)11-12-19(23)22-20(18-10-5-13-24-18)16-7-2-1-3-8-16/h1-14,20H,(H,22,23)/b12-11+. The van der Waals surface area contributed by atoms with Gasteiger partial charge in [-0.15, -0.1) is 0 Å². The van der Waals surface area contributed by atoms with Crippen molar-refractivity contribution in [3.05, 3.63) is 101 Å². The van der Waals surface area contributed by atoms with Gasteiger partial charge in [-0.3, -0.25) is 4.79 Å². The third-order valence-electron chi connectivity index (χ3n) is 3.52. The number of carbonyl (C=O) groups excluding carboxylic acids is 1. The number of nitrogens with one attached hydrogen (secondary N) is 1. The summed E-state index contributed by atoms with van der Waals surface area (Å²) in [5.74, 6) is 0.478. The van der Waals surface area contributed by atoms with Gasteiger partial charge in [0.15, 0.2) is 0 Å². The van der Waals surface area contributed by atoms with Crippen LogP contribution in [-0.2, 0) is 4.79 Å². The van der Waals surface area contributed by atoms with Crippen molar-refractivity contribution in [2.24, 2.45) is 0 Å². The second-order valence-corrected chi connectivity index (χ2v) is 5.69. The summed E-state index contributed by atoms with van der Waals surface area (Å²) in [5, 5.41) is 3.60. The highest BCUT2D eigenvalue weighted by Gasteiger charge is 2.17. The summed E-state index contributed by atoms with van der Waals surface area (Å²) in [4.78, 5) is 12.3. The molecule has 1 heterocycles. The molecule has 0 saturated carbocycles. The summed E-state index contributed by atoms with van der Waals surface area (Å²) in [7, 11) is 0. The fourth-order valence-corrected chi connectivity index (χ4v) is 2.59. The second kappa shape index (κ2) is 7.66. The lowest BCUT2D eigenvalue weighted by Crippen LogP contribution is -2.27. The molecule has 1 aromatic heterocycles. The lowest BCUT2D eigenvalue weighted by Gasteiger charge is -2.16. The van der Waals surface area contributed by atoms with Crippen LogP contribution in [0.1, 0.15) is 22.9 Å². The maximum atomic E-state index is 12.3. The Hall–Kier alpha value is -2.78. The van der Waals surface area contributed by atoms with Gasteiger partial charge in [0, 0.05) is 11.1 Å². The largest absolute Gasteiger partial charge is 0.467 e. The Morgan fingerprint density at radius 2 is 1.88 bits per heavy atom. The first kappa shape index (κ1) is 16.1. The van der Waals surface area contributed by atoms with Gasteiger partial charge < -0.3 is 9.73 Å². The van der Waals surface area contributed by atoms with E-state index < -0.39 is 0 Å². The van der Waals surface area contributed by atoms with Gasteiger partial charge in [-0.2, -0.15) is 0 Å². The van der Waals surface area contributed by atoms with Crippen molar-refractivity contribution < 1.29 is 9.21 Å². The predicted octanol–water partition coefficient (Wildman–Crippen LogP) is 4.85. The van der Waals surface area contributed by atoms with Gasteiger partial charge in [-0.05, 0) is 41.5 Å². The molecule has 3 nitrogen and oxygen atoms in total. The molecule has 0 aliphatic carbocycles. The molecule has 1 N–H and O–H groups in total. The SMILES string of the molecule is O=C(/C=C/c1cccc(Cl)c1)NC(c1ccccc1)c1ccco1. The maximum absolute atomic E-state index is 12.3. The van der Waals surface area contributed by atoms with E-state index in [1.807, 2.05) is 48.5 Å². The van der Waals surface area contributed by atoms with Gasteiger partial charge in [-0.1, -0.05) is 54.1 Å². The molecule has 24 heavy (non-hydrogen) atoms. The van der Waals surface area contributed by atoms with Gasteiger partial charge in [0.2, 0.25) is 5.91 Å². The van der Waals surface area contributed by atoms with Gasteiger partial charge in [0.25, 0.3) is 0 Å². The molecule has 0 radical (unpaired) electrons. The van der Waals surface area contributed by atoms with Crippen LogP contribution in [0.3, 0.4) is 0 Å². The van der Waals surface area contributed by atoms with Crippen LogP contribution in [0.5, 0.6) is 0 Å². The number of hydrogen-bond acceptors (Lipinski definition) is 2. The van der Waals surface area contributed by atoms with Crippen molar-refractivity contribution in [3.8, 4) is 0 Å². The van der Waals surface area contributed by atoms with Crippen molar-refractivity contribution in [1.82, 2.24) is 5.32 Å². The fourth-order valence-electron chi connectivity index (χ4n) is 2.39. The van der Waals surface area contributed by atoms with Crippen LogP contribution in [-0.4, -0.2) is 5.91 Å². The average Bonchev–Trinajstić information content (AvgIpc) is 3.13. The zero-order valence-electron chi connectivity index (χ0n) is 12.9. The monoisotopic (exact) mass is 337 g/mol. The van der Waals surface area contributed by atoms with Crippen LogP contribution in [0.4, 0.5) is 0 Å². The number of carbonyl (C=O) groups is 1. The molecule has 1 unspecified atom stereocenters. The minimum atomic E-state index is -0.335. The van der Waals surface area contributed by atoms with Gasteiger partial charge in [0.05, 0.1) is 6.26 Å². The summed E-state index contributed by atoms with van der Waals surface area (Å²) in [6.07, 6.45) is 4.81. The Kier molecular flexibility index (Phi) is 5.14. The van der Waals surface area contributed by atoms with Crippen LogP contribution in [0.25, 0.3) is 6.08 Å². The Bertz CT molecular complexity index is 826. The smallest absolute Gasteiger partial charge is 0.244 e. The molecule has 3 rings (SSSR count). The van der Waals surface area contributed by atoms with Crippen molar-refractivity contribution in [3.63, 3.8) is 0 Å². The van der Waals surface area contributed by atoms with E-state index in [0.29, 0.717) is 10.8 Å². The second-order valence-electron chi connectivity index (χ2n) is 5.26. The molecule has 0 bridgehead atoms. The first-order valence-electron chi connectivity index (χ1n) is 7.55. The van der Waals surface area contributed by atoms with E-state index in [2.05, 4.69) is 5.32 Å². The lowest BCUT2D eigenvalue weighted by atomic mass is 10.0. The van der Waals surface area contributed by atoms with Gasteiger partial charge in [0.1, 0.15) is 11.8 Å². The molecular formula is C20H16ClNO2. The third kappa shape index (κ3) is 4.15. The van der Waals surface area contributed by atoms with Gasteiger partial charge >= 0.3 is 0 Å². The Morgan fingerprint density at radius 1 is 1.04 bits per heavy atom. The lowest BCUT2D eigenvalue weighted by molar-refractivity contribution is -0.117. The third-order valence-corrected chi connectivity index (χ3v) is 3.76. The molecule has 0 fully saturated rings. The van der Waals surface area contributed by atoms with Crippen LogP contribution in [0, 0.1) is 0 Å². The van der Waals surface area contributed by atoms with Crippen LogP contribution >= 0.6 is 11.6 Å². The normalized spacial score (nSPS) is 12.2. The van der Waals surface area contributed by atoms with E-state index in [9.17, 15) is 4.79 Å². The molecule has 1 atom stereocenters. The number of halogens is 1. The van der Waals surface area contributed by atoms with Crippen molar-refractivity contribution in [1.29, 1.82) is 0 Å². The van der Waals surface area contributed by atoms with Crippen LogP contribution in [0.15, 0.2) is 83.5 Å².